The molecule has 0 unspecified atom stereocenters. The highest BCUT2D eigenvalue weighted by Gasteiger charge is 2.35. The molecule has 2 aromatic rings. The number of nitrogens with one attached hydrogen (secondary N) is 1. The number of nitro benzene ring substituents is 1. The van der Waals surface area contributed by atoms with Crippen LogP contribution >= 0.6 is 0 Å². The van der Waals surface area contributed by atoms with Crippen LogP contribution in [0.25, 0.3) is 0 Å². The lowest BCUT2D eigenvalue weighted by atomic mass is 9.95. The van der Waals surface area contributed by atoms with E-state index in [9.17, 15) is 32.9 Å². The number of alkyl halides is 3. The number of nitrogens with zero attached hydrogens (tertiary/aromatic N) is 2. The molecule has 1 saturated heterocycles. The van der Waals surface area contributed by atoms with Crippen molar-refractivity contribution in [2.45, 2.75) is 25.9 Å². The van der Waals surface area contributed by atoms with E-state index < -0.39 is 34.2 Å². The van der Waals surface area contributed by atoms with Crippen LogP contribution in [0.15, 0.2) is 36.4 Å². The first-order valence-corrected chi connectivity index (χ1v) is 10.1. The number of hydrogen-bond donors (Lipinski definition) is 1. The number of piperidine rings is 1. The molecule has 0 aromatic heterocycles. The van der Waals surface area contributed by atoms with Gasteiger partial charge in [-0.2, -0.15) is 13.2 Å². The van der Waals surface area contributed by atoms with E-state index in [1.807, 2.05) is 0 Å². The van der Waals surface area contributed by atoms with Crippen LogP contribution in [0.1, 0.15) is 34.3 Å². The molecule has 0 atom stereocenters. The Labute approximate surface area is 187 Å². The van der Waals surface area contributed by atoms with E-state index in [4.69, 9.17) is 4.74 Å². The SMILES string of the molecule is COC(=O)c1cc(C)ccc1NC(=O)C1CCN(c2ccc(C(F)(F)F)cc2[N+](=O)[O-])CC1. The maximum absolute atomic E-state index is 12.9. The maximum Gasteiger partial charge on any atom is 0.416 e. The Kier molecular flexibility index (Phi) is 6.89. The quantitative estimate of drug-likeness (QED) is 0.395. The van der Waals surface area contributed by atoms with Gasteiger partial charge in [-0.25, -0.2) is 4.79 Å². The number of amides is 1. The minimum absolute atomic E-state index is 0.0818. The highest BCUT2D eigenvalue weighted by atomic mass is 19.4. The molecule has 0 aliphatic carbocycles. The van der Waals surface area contributed by atoms with E-state index in [2.05, 4.69) is 5.32 Å². The molecule has 3 rings (SSSR count). The predicted octanol–water partition coefficient (Wildman–Crippen LogP) is 4.56. The predicted molar refractivity (Wildman–Crippen MR) is 114 cm³/mol. The van der Waals surface area contributed by atoms with Crippen molar-refractivity contribution in [3.05, 3.63) is 63.2 Å². The van der Waals surface area contributed by atoms with Gasteiger partial charge in [0, 0.05) is 25.1 Å². The number of methoxy groups -OCH3 is 1. The highest BCUT2D eigenvalue weighted by Crippen LogP contribution is 2.37. The lowest BCUT2D eigenvalue weighted by molar-refractivity contribution is -0.384. The van der Waals surface area contributed by atoms with Crippen LogP contribution in [0.2, 0.25) is 0 Å². The van der Waals surface area contributed by atoms with E-state index >= 15 is 0 Å². The third-order valence-corrected chi connectivity index (χ3v) is 5.54. The van der Waals surface area contributed by atoms with Crippen LogP contribution in [0.4, 0.5) is 30.2 Å². The fourth-order valence-electron chi connectivity index (χ4n) is 3.78. The molecule has 8 nitrogen and oxygen atoms in total. The van der Waals surface area contributed by atoms with Crippen molar-refractivity contribution in [3.8, 4) is 0 Å². The number of carbonyl (C=O) groups is 2. The van der Waals surface area contributed by atoms with Gasteiger partial charge in [0.15, 0.2) is 0 Å². The molecule has 0 saturated carbocycles. The van der Waals surface area contributed by atoms with Gasteiger partial charge in [-0.05, 0) is 44.0 Å². The van der Waals surface area contributed by atoms with Crippen LogP contribution < -0.4 is 10.2 Å². The summed E-state index contributed by atoms with van der Waals surface area (Å²) < 4.78 is 43.6. The summed E-state index contributed by atoms with van der Waals surface area (Å²) in [5.41, 5.74) is -0.276. The van der Waals surface area contributed by atoms with Crippen molar-refractivity contribution in [2.75, 3.05) is 30.4 Å². The number of hydrogen-bond acceptors (Lipinski definition) is 6. The van der Waals surface area contributed by atoms with Gasteiger partial charge in [-0.15, -0.1) is 0 Å². The largest absolute Gasteiger partial charge is 0.465 e. The first-order chi connectivity index (χ1) is 15.5. The van der Waals surface area contributed by atoms with E-state index in [1.54, 1.807) is 30.0 Å². The van der Waals surface area contributed by atoms with Crippen molar-refractivity contribution in [3.63, 3.8) is 0 Å². The Morgan fingerprint density at radius 1 is 1.15 bits per heavy atom. The Morgan fingerprint density at radius 3 is 2.39 bits per heavy atom. The Bertz CT molecular complexity index is 1080. The molecule has 2 aromatic carbocycles. The van der Waals surface area contributed by atoms with Gasteiger partial charge in [0.1, 0.15) is 5.69 Å². The third-order valence-electron chi connectivity index (χ3n) is 5.54. The van der Waals surface area contributed by atoms with Crippen LogP contribution in [0, 0.1) is 23.0 Å². The summed E-state index contributed by atoms with van der Waals surface area (Å²) in [4.78, 5) is 36.9. The molecule has 1 aliphatic heterocycles. The van der Waals surface area contributed by atoms with Crippen molar-refractivity contribution < 1.29 is 32.4 Å². The maximum atomic E-state index is 12.9. The van der Waals surface area contributed by atoms with Gasteiger partial charge in [-0.1, -0.05) is 11.6 Å². The molecule has 1 fully saturated rings. The number of aryl methyl sites for hydroxylation is 1. The molecule has 33 heavy (non-hydrogen) atoms. The summed E-state index contributed by atoms with van der Waals surface area (Å²) in [5.74, 6) is -1.33. The second-order valence-electron chi connectivity index (χ2n) is 7.75. The lowest BCUT2D eigenvalue weighted by Gasteiger charge is -2.32. The zero-order valence-electron chi connectivity index (χ0n) is 17.9. The smallest absolute Gasteiger partial charge is 0.416 e. The zero-order valence-corrected chi connectivity index (χ0v) is 17.9. The van der Waals surface area contributed by atoms with E-state index in [1.165, 1.54) is 7.11 Å². The first kappa shape index (κ1) is 24.0. The minimum atomic E-state index is -4.69. The van der Waals surface area contributed by atoms with E-state index in [0.29, 0.717) is 24.6 Å². The molecule has 11 heteroatoms. The average Bonchev–Trinajstić information content (AvgIpc) is 2.78. The monoisotopic (exact) mass is 465 g/mol. The minimum Gasteiger partial charge on any atom is -0.465 e. The summed E-state index contributed by atoms with van der Waals surface area (Å²) in [7, 11) is 1.24. The number of nitro groups is 1. The Morgan fingerprint density at radius 2 is 1.82 bits per heavy atom. The van der Waals surface area contributed by atoms with Gasteiger partial charge in [0.05, 0.1) is 28.8 Å². The number of halogens is 3. The van der Waals surface area contributed by atoms with Crippen LogP contribution in [0.5, 0.6) is 0 Å². The number of anilines is 2. The van der Waals surface area contributed by atoms with Crippen molar-refractivity contribution in [2.24, 2.45) is 5.92 Å². The Balaban J connectivity index is 1.71. The van der Waals surface area contributed by atoms with Gasteiger partial charge >= 0.3 is 12.1 Å². The molecule has 1 N–H and O–H groups in total. The topological polar surface area (TPSA) is 102 Å². The number of esters is 1. The van der Waals surface area contributed by atoms with Gasteiger partial charge in [0.25, 0.3) is 5.69 Å². The van der Waals surface area contributed by atoms with Crippen LogP contribution in [-0.4, -0.2) is 37.0 Å². The average molecular weight is 465 g/mol. The Hall–Kier alpha value is -3.63. The van der Waals surface area contributed by atoms with Gasteiger partial charge in [-0.3, -0.25) is 14.9 Å². The summed E-state index contributed by atoms with van der Waals surface area (Å²) in [6, 6.07) is 7.39. The second kappa shape index (κ2) is 9.47. The van der Waals surface area contributed by atoms with Gasteiger partial charge < -0.3 is 15.0 Å². The summed E-state index contributed by atoms with van der Waals surface area (Å²) in [6.07, 6.45) is -4.01. The fourth-order valence-corrected chi connectivity index (χ4v) is 3.78. The fraction of sp³-hybridized carbons (Fsp3) is 0.364. The van der Waals surface area contributed by atoms with Gasteiger partial charge in [0.2, 0.25) is 5.91 Å². The summed E-state index contributed by atoms with van der Waals surface area (Å²) in [6.45, 7) is 2.30. The number of benzene rings is 2. The second-order valence-corrected chi connectivity index (χ2v) is 7.75. The molecule has 176 valence electrons. The molecule has 1 aliphatic rings. The van der Waals surface area contributed by atoms with E-state index in [-0.39, 0.29) is 30.2 Å². The van der Waals surface area contributed by atoms with Crippen molar-refractivity contribution in [1.82, 2.24) is 0 Å². The normalized spacial score (nSPS) is 14.6. The zero-order chi connectivity index (χ0) is 24.3. The summed E-state index contributed by atoms with van der Waals surface area (Å²) >= 11 is 0. The number of ether oxygens (including phenoxy) is 1. The molecule has 1 heterocycles. The number of rotatable bonds is 5. The molecular weight excluding hydrogens is 443 g/mol. The molecule has 1 amide bonds. The summed E-state index contributed by atoms with van der Waals surface area (Å²) in [5, 5.41) is 14.1. The molecule has 0 bridgehead atoms. The van der Waals surface area contributed by atoms with E-state index in [0.717, 1.165) is 17.7 Å². The van der Waals surface area contributed by atoms with Crippen molar-refractivity contribution in [1.29, 1.82) is 0 Å². The third kappa shape index (κ3) is 5.41. The van der Waals surface area contributed by atoms with Crippen molar-refractivity contribution >= 4 is 28.9 Å². The van der Waals surface area contributed by atoms with Crippen LogP contribution in [0.3, 0.4) is 0 Å². The first-order valence-electron chi connectivity index (χ1n) is 10.1. The number of carbonyl (C=O) groups excluding carboxylic acids is 2. The lowest BCUT2D eigenvalue weighted by Crippen LogP contribution is -2.38. The van der Waals surface area contributed by atoms with Crippen LogP contribution in [-0.2, 0) is 15.7 Å². The standard InChI is InChI=1S/C22H22F3N3O5/c1-13-3-5-17(16(11-13)21(30)33-2)26-20(29)14-7-9-27(10-8-14)18-6-4-15(22(23,24)25)12-19(18)28(31)32/h3-6,11-12,14H,7-10H2,1-2H3,(H,26,29). The molecular formula is C22H22F3N3O5. The molecule has 0 radical (unpaired) electrons. The molecule has 0 spiro atoms. The highest BCUT2D eigenvalue weighted by molar-refractivity contribution is 6.02.